The Morgan fingerprint density at radius 2 is 2.50 bits per heavy atom. The Morgan fingerprint density at radius 1 is 1.80 bits per heavy atom. The molecule has 6 nitrogen and oxygen atoms in total. The number of hydrogen-bond donors (Lipinski definition) is 2. The number of hydroxylamine groups is 1. The van der Waals surface area contributed by atoms with Crippen molar-refractivity contribution in [2.24, 2.45) is 0 Å². The largest absolute Gasteiger partial charge is 0.526 e. The Balaban J connectivity index is 2.31. The first-order valence-corrected chi connectivity index (χ1v) is 2.66. The summed E-state index contributed by atoms with van der Waals surface area (Å²) in [5.74, 6) is -0.235. The summed E-state index contributed by atoms with van der Waals surface area (Å²) in [5.41, 5.74) is 2.18. The van der Waals surface area contributed by atoms with Gasteiger partial charge in [0.05, 0.1) is 6.54 Å². The fourth-order valence-electron chi connectivity index (χ4n) is 0.617. The topological polar surface area (TPSA) is 78.9 Å². The second-order valence-corrected chi connectivity index (χ2v) is 1.74. The van der Waals surface area contributed by atoms with Crippen LogP contribution in [-0.2, 0) is 9.63 Å². The molecule has 0 radical (unpaired) electrons. The molecular weight excluding hydrogens is 140 g/mol. The van der Waals surface area contributed by atoms with Crippen LogP contribution in [0.5, 0.6) is 0 Å². The maximum Gasteiger partial charge on any atom is 0.526 e. The number of hydrazine groups is 1. The van der Waals surface area contributed by atoms with E-state index in [-0.39, 0.29) is 18.9 Å². The minimum Gasteiger partial charge on any atom is -0.448 e. The lowest BCUT2D eigenvalue weighted by atomic mass is 10.5. The number of carbonyl (C=O) groups is 2. The number of nitrogens with zero attached hydrogens (tertiary/aromatic N) is 1. The highest BCUT2D eigenvalue weighted by molar-refractivity contribution is 5.77. The minimum atomic E-state index is -1.43. The molecule has 0 aromatic heterocycles. The van der Waals surface area contributed by atoms with E-state index < -0.39 is 6.16 Å². The van der Waals surface area contributed by atoms with Crippen molar-refractivity contribution in [3.05, 3.63) is 0 Å². The predicted molar refractivity (Wildman–Crippen MR) is 28.6 cm³/mol. The van der Waals surface area contributed by atoms with Gasteiger partial charge in [0.15, 0.2) is 0 Å². The fourth-order valence-corrected chi connectivity index (χ4v) is 0.617. The van der Waals surface area contributed by atoms with Gasteiger partial charge in [0.1, 0.15) is 0 Å². The Labute approximate surface area is 56.3 Å². The summed E-state index contributed by atoms with van der Waals surface area (Å²) in [4.78, 5) is 24.4. The molecule has 2 N–H and O–H groups in total. The second-order valence-electron chi connectivity index (χ2n) is 1.74. The molecule has 0 aliphatic carbocycles. The van der Waals surface area contributed by atoms with Gasteiger partial charge < -0.3 is 9.94 Å². The molecule has 0 atom stereocenters. The van der Waals surface area contributed by atoms with E-state index in [0.29, 0.717) is 0 Å². The molecule has 0 spiro atoms. The van der Waals surface area contributed by atoms with Crippen LogP contribution in [0.3, 0.4) is 0 Å². The molecule has 0 aromatic carbocycles. The van der Waals surface area contributed by atoms with Crippen molar-refractivity contribution in [3.63, 3.8) is 0 Å². The van der Waals surface area contributed by atoms with E-state index in [2.05, 4.69) is 10.3 Å². The normalized spacial score (nSPS) is 18.6. The summed E-state index contributed by atoms with van der Waals surface area (Å²) < 4.78 is 0. The van der Waals surface area contributed by atoms with Gasteiger partial charge in [0.25, 0.3) is 0 Å². The predicted octanol–water partition coefficient (Wildman–Crippen LogP) is -0.667. The van der Waals surface area contributed by atoms with Crippen LogP contribution in [-0.4, -0.2) is 28.9 Å². The van der Waals surface area contributed by atoms with E-state index in [4.69, 9.17) is 5.11 Å². The Morgan fingerprint density at radius 3 is 2.90 bits per heavy atom. The van der Waals surface area contributed by atoms with Crippen molar-refractivity contribution >= 4 is 12.1 Å². The molecule has 56 valence electrons. The van der Waals surface area contributed by atoms with Crippen LogP contribution >= 0.6 is 0 Å². The molecule has 1 heterocycles. The summed E-state index contributed by atoms with van der Waals surface area (Å²) in [6.07, 6.45) is -1.16. The molecule has 1 saturated heterocycles. The lowest BCUT2D eigenvalue weighted by Gasteiger charge is -2.09. The molecule has 6 heteroatoms. The van der Waals surface area contributed by atoms with Crippen molar-refractivity contribution in [2.45, 2.75) is 6.42 Å². The highest BCUT2D eigenvalue weighted by atomic mass is 16.8. The SMILES string of the molecule is O=C1CCN(OC(=O)O)N1. The van der Waals surface area contributed by atoms with Gasteiger partial charge in [0.2, 0.25) is 5.91 Å². The van der Waals surface area contributed by atoms with E-state index in [1.54, 1.807) is 0 Å². The Bertz CT molecular complexity index is 169. The van der Waals surface area contributed by atoms with E-state index in [1.165, 1.54) is 0 Å². The van der Waals surface area contributed by atoms with Gasteiger partial charge in [-0.05, 0) is 5.17 Å². The highest BCUT2D eigenvalue weighted by Crippen LogP contribution is 1.97. The van der Waals surface area contributed by atoms with Gasteiger partial charge in [0, 0.05) is 6.42 Å². The number of hydrogen-bond acceptors (Lipinski definition) is 4. The van der Waals surface area contributed by atoms with Gasteiger partial charge in [-0.3, -0.25) is 10.2 Å². The number of amides is 1. The van der Waals surface area contributed by atoms with Gasteiger partial charge in [-0.1, -0.05) is 0 Å². The lowest BCUT2D eigenvalue weighted by Crippen LogP contribution is -2.34. The summed E-state index contributed by atoms with van der Waals surface area (Å²) in [6.45, 7) is 0.269. The number of nitrogens with one attached hydrogen (secondary N) is 1. The van der Waals surface area contributed by atoms with Gasteiger partial charge in [-0.2, -0.15) is 0 Å². The molecule has 0 unspecified atom stereocenters. The van der Waals surface area contributed by atoms with E-state index in [9.17, 15) is 9.59 Å². The van der Waals surface area contributed by atoms with Gasteiger partial charge in [-0.15, -0.1) is 0 Å². The zero-order valence-corrected chi connectivity index (χ0v) is 5.03. The summed E-state index contributed by atoms with van der Waals surface area (Å²) in [5, 5.41) is 8.92. The van der Waals surface area contributed by atoms with E-state index in [0.717, 1.165) is 5.17 Å². The van der Waals surface area contributed by atoms with Crippen molar-refractivity contribution in [1.29, 1.82) is 0 Å². The first kappa shape index (κ1) is 6.81. The molecular formula is C4H6N2O4. The average Bonchev–Trinajstić information content (AvgIpc) is 2.13. The molecule has 0 bridgehead atoms. The zero-order chi connectivity index (χ0) is 7.56. The van der Waals surface area contributed by atoms with Crippen LogP contribution in [0.4, 0.5) is 4.79 Å². The highest BCUT2D eigenvalue weighted by Gasteiger charge is 2.21. The number of carbonyl (C=O) groups excluding carboxylic acids is 1. The maximum atomic E-state index is 10.4. The third-order valence-electron chi connectivity index (χ3n) is 0.980. The number of rotatable bonds is 1. The summed E-state index contributed by atoms with van der Waals surface area (Å²) >= 11 is 0. The quantitative estimate of drug-likeness (QED) is 0.513. The second kappa shape index (κ2) is 2.53. The maximum absolute atomic E-state index is 10.4. The van der Waals surface area contributed by atoms with Crippen molar-refractivity contribution < 1.29 is 19.5 Å². The summed E-state index contributed by atoms with van der Waals surface area (Å²) in [6, 6.07) is 0. The molecule has 0 saturated carbocycles. The van der Waals surface area contributed by atoms with Gasteiger partial charge >= 0.3 is 6.16 Å². The van der Waals surface area contributed by atoms with Crippen molar-refractivity contribution in [2.75, 3.05) is 6.54 Å². The van der Waals surface area contributed by atoms with Crippen LogP contribution < -0.4 is 5.43 Å². The first-order chi connectivity index (χ1) is 4.68. The lowest BCUT2D eigenvalue weighted by molar-refractivity contribution is -0.149. The summed E-state index contributed by atoms with van der Waals surface area (Å²) in [7, 11) is 0. The van der Waals surface area contributed by atoms with Crippen LogP contribution in [0.2, 0.25) is 0 Å². The number of carboxylic acid groups (broad SMARTS) is 1. The monoisotopic (exact) mass is 146 g/mol. The van der Waals surface area contributed by atoms with Crippen LogP contribution in [0.1, 0.15) is 6.42 Å². The molecule has 10 heavy (non-hydrogen) atoms. The van der Waals surface area contributed by atoms with Crippen LogP contribution in [0.25, 0.3) is 0 Å². The van der Waals surface area contributed by atoms with E-state index in [1.807, 2.05) is 0 Å². The van der Waals surface area contributed by atoms with Crippen LogP contribution in [0, 0.1) is 0 Å². The standard InChI is InChI=1S/C4H6N2O4/c7-3-1-2-6(5-3)10-4(8)9/h1-2H2,(H,5,7)(H,8,9). The van der Waals surface area contributed by atoms with Crippen LogP contribution in [0.15, 0.2) is 0 Å². The third kappa shape index (κ3) is 1.59. The Hall–Kier alpha value is -1.30. The molecule has 1 rings (SSSR count). The van der Waals surface area contributed by atoms with Crippen molar-refractivity contribution in [1.82, 2.24) is 10.6 Å². The molecule has 1 amide bonds. The van der Waals surface area contributed by atoms with Crippen molar-refractivity contribution in [3.8, 4) is 0 Å². The minimum absolute atomic E-state index is 0.235. The first-order valence-electron chi connectivity index (χ1n) is 2.66. The zero-order valence-electron chi connectivity index (χ0n) is 5.03. The fraction of sp³-hybridized carbons (Fsp3) is 0.500. The molecule has 1 aliphatic heterocycles. The molecule has 1 fully saturated rings. The Kier molecular flexibility index (Phi) is 1.72. The average molecular weight is 146 g/mol. The smallest absolute Gasteiger partial charge is 0.448 e. The third-order valence-corrected chi connectivity index (χ3v) is 0.980. The van der Waals surface area contributed by atoms with Gasteiger partial charge in [-0.25, -0.2) is 4.79 Å². The van der Waals surface area contributed by atoms with E-state index >= 15 is 0 Å². The molecule has 0 aromatic rings. The molecule has 1 aliphatic rings.